The summed E-state index contributed by atoms with van der Waals surface area (Å²) in [6, 6.07) is 6.63. The van der Waals surface area contributed by atoms with E-state index in [0.29, 0.717) is 12.0 Å². The molecular formula is C18H24BrNO4S. The van der Waals surface area contributed by atoms with E-state index in [2.05, 4.69) is 27.2 Å². The maximum Gasteiger partial charge on any atom is 0.407 e. The Kier molecular flexibility index (Phi) is 8.46. The molecule has 1 aromatic rings. The van der Waals surface area contributed by atoms with Crippen molar-refractivity contribution < 1.29 is 17.9 Å². The van der Waals surface area contributed by atoms with Crippen molar-refractivity contribution in [3.63, 3.8) is 0 Å². The molecule has 0 aliphatic rings. The van der Waals surface area contributed by atoms with Gasteiger partial charge in [-0.15, -0.1) is 12.3 Å². The molecule has 138 valence electrons. The van der Waals surface area contributed by atoms with Crippen LogP contribution in [0.2, 0.25) is 0 Å². The van der Waals surface area contributed by atoms with E-state index in [1.165, 1.54) is 0 Å². The Balaban J connectivity index is 2.80. The van der Waals surface area contributed by atoms with Crippen LogP contribution in [-0.4, -0.2) is 32.9 Å². The molecule has 5 nitrogen and oxygen atoms in total. The molecule has 0 fully saturated rings. The fourth-order valence-corrected chi connectivity index (χ4v) is 4.23. The summed E-state index contributed by atoms with van der Waals surface area (Å²) in [5.41, 5.74) is 0.710. The van der Waals surface area contributed by atoms with Crippen LogP contribution in [0.15, 0.2) is 28.7 Å². The summed E-state index contributed by atoms with van der Waals surface area (Å²) in [5, 5.41) is 1.96. The predicted octanol–water partition coefficient (Wildman–Crippen LogP) is 3.70. The van der Waals surface area contributed by atoms with Gasteiger partial charge in [-0.05, 0) is 30.5 Å². The van der Waals surface area contributed by atoms with E-state index >= 15 is 0 Å². The van der Waals surface area contributed by atoms with Crippen LogP contribution < -0.4 is 5.32 Å². The zero-order chi connectivity index (χ0) is 19.0. The van der Waals surface area contributed by atoms with Crippen molar-refractivity contribution in [3.8, 4) is 12.3 Å². The van der Waals surface area contributed by atoms with Crippen molar-refractivity contribution >= 4 is 31.9 Å². The molecule has 0 saturated carbocycles. The van der Waals surface area contributed by atoms with E-state index in [-0.39, 0.29) is 18.3 Å². The van der Waals surface area contributed by atoms with Gasteiger partial charge in [0.25, 0.3) is 0 Å². The van der Waals surface area contributed by atoms with Crippen LogP contribution in [0.1, 0.15) is 38.0 Å². The van der Waals surface area contributed by atoms with Gasteiger partial charge in [0.2, 0.25) is 0 Å². The normalized spacial score (nSPS) is 13.8. The number of halogens is 1. The van der Waals surface area contributed by atoms with Crippen LogP contribution in [0.4, 0.5) is 4.79 Å². The van der Waals surface area contributed by atoms with Gasteiger partial charge in [0, 0.05) is 16.9 Å². The predicted molar refractivity (Wildman–Crippen MR) is 103 cm³/mol. The number of nitrogens with one attached hydrogen (secondary N) is 1. The first-order valence-corrected chi connectivity index (χ1v) is 10.5. The SMILES string of the molecule is C#CCCOC(=O)N[C@H](CS(=O)(=O)C(C)c1ccc(Br)cc1)C(C)C. The smallest absolute Gasteiger partial charge is 0.407 e. The number of hydrogen-bond acceptors (Lipinski definition) is 4. The molecule has 0 aliphatic carbocycles. The number of benzene rings is 1. The third-order valence-corrected chi connectivity index (χ3v) is 6.58. The average molecular weight is 430 g/mol. The topological polar surface area (TPSA) is 72.5 Å². The number of terminal acetylenes is 1. The summed E-state index contributed by atoms with van der Waals surface area (Å²) in [5.74, 6) is 2.15. The van der Waals surface area contributed by atoms with Gasteiger partial charge in [-0.3, -0.25) is 0 Å². The van der Waals surface area contributed by atoms with Gasteiger partial charge in [0.1, 0.15) is 6.61 Å². The molecule has 1 N–H and O–H groups in total. The Hall–Kier alpha value is -1.52. The van der Waals surface area contributed by atoms with Crippen LogP contribution in [0.3, 0.4) is 0 Å². The first-order valence-electron chi connectivity index (χ1n) is 8.01. The van der Waals surface area contributed by atoms with Crippen molar-refractivity contribution in [2.24, 2.45) is 5.92 Å². The monoisotopic (exact) mass is 429 g/mol. The van der Waals surface area contributed by atoms with E-state index in [9.17, 15) is 13.2 Å². The van der Waals surface area contributed by atoms with E-state index in [1.807, 2.05) is 26.0 Å². The molecule has 0 spiro atoms. The lowest BCUT2D eigenvalue weighted by atomic mass is 10.1. The van der Waals surface area contributed by atoms with Crippen molar-refractivity contribution in [1.82, 2.24) is 5.32 Å². The molecule has 1 rings (SSSR count). The fraction of sp³-hybridized carbons (Fsp3) is 0.500. The van der Waals surface area contributed by atoms with Crippen LogP contribution >= 0.6 is 15.9 Å². The molecule has 7 heteroatoms. The summed E-state index contributed by atoms with van der Waals surface area (Å²) in [7, 11) is -3.46. The second-order valence-corrected chi connectivity index (χ2v) is 9.39. The standard InChI is InChI=1S/C18H24BrNO4S/c1-5-6-11-24-18(21)20-17(13(2)3)12-25(22,23)14(4)15-7-9-16(19)10-8-15/h1,7-10,13-14,17H,6,11-12H2,2-4H3,(H,20,21)/t14?,17-/m1/s1. The molecule has 0 bridgehead atoms. The highest BCUT2D eigenvalue weighted by Crippen LogP contribution is 2.25. The summed E-state index contributed by atoms with van der Waals surface area (Å²) in [6.07, 6.45) is 4.77. The quantitative estimate of drug-likeness (QED) is 0.504. The maximum absolute atomic E-state index is 12.7. The highest BCUT2D eigenvalue weighted by molar-refractivity contribution is 9.10. The van der Waals surface area contributed by atoms with E-state index in [4.69, 9.17) is 11.2 Å². The second kappa shape index (κ2) is 9.83. The molecule has 1 amide bonds. The van der Waals surface area contributed by atoms with Gasteiger partial charge in [-0.1, -0.05) is 41.9 Å². The number of ether oxygens (including phenoxy) is 1. The van der Waals surface area contributed by atoms with E-state index in [0.717, 1.165) is 4.47 Å². The molecule has 1 aromatic carbocycles. The van der Waals surface area contributed by atoms with Gasteiger partial charge in [0.05, 0.1) is 11.0 Å². The summed E-state index contributed by atoms with van der Waals surface area (Å²) < 4.78 is 31.3. The zero-order valence-electron chi connectivity index (χ0n) is 14.7. The number of carbonyl (C=O) groups excluding carboxylic acids is 1. The van der Waals surface area contributed by atoms with Crippen molar-refractivity contribution in [2.75, 3.05) is 12.4 Å². The minimum atomic E-state index is -3.46. The lowest BCUT2D eigenvalue weighted by Gasteiger charge is -2.24. The average Bonchev–Trinajstić information content (AvgIpc) is 2.54. The molecule has 0 saturated heterocycles. The lowest BCUT2D eigenvalue weighted by Crippen LogP contribution is -2.44. The third-order valence-electron chi connectivity index (χ3n) is 3.88. The summed E-state index contributed by atoms with van der Waals surface area (Å²) in [4.78, 5) is 11.8. The molecule has 0 radical (unpaired) electrons. The maximum atomic E-state index is 12.7. The molecule has 0 aromatic heterocycles. The van der Waals surface area contributed by atoms with Crippen LogP contribution in [0.5, 0.6) is 0 Å². The first-order chi connectivity index (χ1) is 11.7. The van der Waals surface area contributed by atoms with Crippen molar-refractivity contribution in [3.05, 3.63) is 34.3 Å². The van der Waals surface area contributed by atoms with Gasteiger partial charge < -0.3 is 10.1 Å². The van der Waals surface area contributed by atoms with E-state index in [1.54, 1.807) is 19.1 Å². The van der Waals surface area contributed by atoms with Crippen molar-refractivity contribution in [2.45, 2.75) is 38.5 Å². The molecular weight excluding hydrogens is 406 g/mol. The second-order valence-electron chi connectivity index (χ2n) is 6.11. The largest absolute Gasteiger partial charge is 0.449 e. The molecule has 1 unspecified atom stereocenters. The number of alkyl carbamates (subject to hydrolysis) is 1. The van der Waals surface area contributed by atoms with Crippen LogP contribution in [0.25, 0.3) is 0 Å². The Morgan fingerprint density at radius 1 is 1.28 bits per heavy atom. The van der Waals surface area contributed by atoms with Crippen molar-refractivity contribution in [1.29, 1.82) is 0 Å². The third kappa shape index (κ3) is 7.09. The summed E-state index contributed by atoms with van der Waals surface area (Å²) >= 11 is 3.33. The minimum Gasteiger partial charge on any atom is -0.449 e. The Morgan fingerprint density at radius 3 is 2.40 bits per heavy atom. The van der Waals surface area contributed by atoms with Gasteiger partial charge in [-0.25, -0.2) is 13.2 Å². The highest BCUT2D eigenvalue weighted by atomic mass is 79.9. The number of sulfone groups is 1. The Bertz CT molecular complexity index is 708. The molecule has 0 aliphatic heterocycles. The van der Waals surface area contributed by atoms with Crippen LogP contribution in [-0.2, 0) is 14.6 Å². The lowest BCUT2D eigenvalue weighted by molar-refractivity contribution is 0.143. The number of carbonyl (C=O) groups is 1. The Labute approximate surface area is 158 Å². The van der Waals surface area contributed by atoms with E-state index < -0.39 is 27.2 Å². The Morgan fingerprint density at radius 2 is 1.88 bits per heavy atom. The summed E-state index contributed by atoms with van der Waals surface area (Å²) in [6.45, 7) is 5.47. The number of amides is 1. The zero-order valence-corrected chi connectivity index (χ0v) is 17.1. The first kappa shape index (κ1) is 21.5. The van der Waals surface area contributed by atoms with Crippen LogP contribution in [0, 0.1) is 18.3 Å². The minimum absolute atomic E-state index is 0.0629. The fourth-order valence-electron chi connectivity index (χ4n) is 2.13. The highest BCUT2D eigenvalue weighted by Gasteiger charge is 2.29. The van der Waals surface area contributed by atoms with Gasteiger partial charge in [0.15, 0.2) is 9.84 Å². The van der Waals surface area contributed by atoms with Gasteiger partial charge >= 0.3 is 6.09 Å². The van der Waals surface area contributed by atoms with Gasteiger partial charge in [-0.2, -0.15) is 0 Å². The molecule has 2 atom stereocenters. The number of rotatable bonds is 8. The molecule has 25 heavy (non-hydrogen) atoms. The number of hydrogen-bond donors (Lipinski definition) is 1. The molecule has 0 heterocycles.